The molecule has 2 N–H and O–H groups in total. The number of nitrogens with zero attached hydrogens (tertiary/aromatic N) is 1. The molecule has 8 nitrogen and oxygen atoms in total. The molecule has 8 heteroatoms. The van der Waals surface area contributed by atoms with Crippen LogP contribution in [0.4, 0.5) is 5.69 Å². The Balaban J connectivity index is 1.74. The van der Waals surface area contributed by atoms with E-state index in [2.05, 4.69) is 15.8 Å². The fourth-order valence-corrected chi connectivity index (χ4v) is 2.70. The van der Waals surface area contributed by atoms with Gasteiger partial charge >= 0.3 is 0 Å². The Labute approximate surface area is 173 Å². The lowest BCUT2D eigenvalue weighted by Crippen LogP contribution is -2.21. The second kappa shape index (κ2) is 9.42. The Morgan fingerprint density at radius 3 is 2.43 bits per heavy atom. The van der Waals surface area contributed by atoms with E-state index in [1.807, 2.05) is 6.92 Å². The van der Waals surface area contributed by atoms with Gasteiger partial charge in [-0.25, -0.2) is 5.43 Å². The summed E-state index contributed by atoms with van der Waals surface area (Å²) in [5, 5.41) is 6.63. The number of hydrogen-bond donors (Lipinski definition) is 2. The van der Waals surface area contributed by atoms with Crippen molar-refractivity contribution in [3.8, 4) is 11.5 Å². The Bertz CT molecular complexity index is 1090. The quantitative estimate of drug-likeness (QED) is 0.460. The first-order valence-corrected chi connectivity index (χ1v) is 9.04. The Kier molecular flexibility index (Phi) is 6.49. The van der Waals surface area contributed by atoms with E-state index in [0.29, 0.717) is 28.5 Å². The zero-order chi connectivity index (χ0) is 21.5. The molecule has 3 rings (SSSR count). The zero-order valence-electron chi connectivity index (χ0n) is 16.8. The standard InChI is InChI=1S/C22H21N3O5/c1-14-8-10-16(30-14)13-23-25-22(27)17-6-4-5-7-18(17)24-21(26)15-9-11-19(28-2)20(12-15)29-3/h4-13H,1-3H3,(H,24,26)(H,25,27). The topological polar surface area (TPSA) is 102 Å². The summed E-state index contributed by atoms with van der Waals surface area (Å²) in [7, 11) is 3.01. The second-order valence-corrected chi connectivity index (χ2v) is 6.22. The number of nitrogens with one attached hydrogen (secondary N) is 2. The van der Waals surface area contributed by atoms with Crippen molar-refractivity contribution in [2.24, 2.45) is 5.10 Å². The van der Waals surface area contributed by atoms with Crippen molar-refractivity contribution in [2.45, 2.75) is 6.92 Å². The van der Waals surface area contributed by atoms with Crippen molar-refractivity contribution in [3.63, 3.8) is 0 Å². The number of aryl methyl sites for hydroxylation is 1. The maximum Gasteiger partial charge on any atom is 0.273 e. The fraction of sp³-hybridized carbons (Fsp3) is 0.136. The van der Waals surface area contributed by atoms with E-state index >= 15 is 0 Å². The SMILES string of the molecule is COc1ccc(C(=O)Nc2ccccc2C(=O)NN=Cc2ccc(C)o2)cc1OC. The molecule has 0 radical (unpaired) electrons. The third-order valence-electron chi connectivity index (χ3n) is 4.18. The first kappa shape index (κ1) is 20.7. The van der Waals surface area contributed by atoms with Crippen LogP contribution in [0.15, 0.2) is 64.1 Å². The molecule has 3 aromatic rings. The van der Waals surface area contributed by atoms with Crippen LogP contribution < -0.4 is 20.2 Å². The molecule has 154 valence electrons. The van der Waals surface area contributed by atoms with Gasteiger partial charge in [0.15, 0.2) is 11.5 Å². The predicted molar refractivity (Wildman–Crippen MR) is 112 cm³/mol. The van der Waals surface area contributed by atoms with Crippen LogP contribution in [0.3, 0.4) is 0 Å². The maximum absolute atomic E-state index is 12.7. The zero-order valence-corrected chi connectivity index (χ0v) is 16.8. The third kappa shape index (κ3) is 4.85. The number of hydrazone groups is 1. The van der Waals surface area contributed by atoms with E-state index in [9.17, 15) is 9.59 Å². The average molecular weight is 407 g/mol. The van der Waals surface area contributed by atoms with Gasteiger partial charge in [-0.05, 0) is 49.4 Å². The number of para-hydroxylation sites is 1. The molecule has 0 saturated heterocycles. The van der Waals surface area contributed by atoms with Crippen molar-refractivity contribution in [3.05, 3.63) is 77.2 Å². The molecule has 0 atom stereocenters. The smallest absolute Gasteiger partial charge is 0.273 e. The first-order chi connectivity index (χ1) is 14.5. The second-order valence-electron chi connectivity index (χ2n) is 6.22. The number of amides is 2. The molecule has 0 spiro atoms. The van der Waals surface area contributed by atoms with Crippen LogP contribution in [0.5, 0.6) is 11.5 Å². The van der Waals surface area contributed by atoms with Crippen LogP contribution in [0.2, 0.25) is 0 Å². The normalized spacial score (nSPS) is 10.6. The number of ether oxygens (including phenoxy) is 2. The van der Waals surface area contributed by atoms with Crippen LogP contribution >= 0.6 is 0 Å². The molecule has 2 aromatic carbocycles. The fourth-order valence-electron chi connectivity index (χ4n) is 2.70. The minimum absolute atomic E-state index is 0.263. The molecular formula is C22H21N3O5. The van der Waals surface area contributed by atoms with Crippen LogP contribution in [0.25, 0.3) is 0 Å². The number of carbonyl (C=O) groups is 2. The van der Waals surface area contributed by atoms with Gasteiger partial charge in [0, 0.05) is 5.56 Å². The van der Waals surface area contributed by atoms with E-state index < -0.39 is 11.8 Å². The Morgan fingerprint density at radius 1 is 0.967 bits per heavy atom. The Hall–Kier alpha value is -4.07. The van der Waals surface area contributed by atoms with E-state index in [4.69, 9.17) is 13.9 Å². The lowest BCUT2D eigenvalue weighted by Gasteiger charge is -2.12. The van der Waals surface area contributed by atoms with Gasteiger partial charge in [0.25, 0.3) is 11.8 Å². The summed E-state index contributed by atoms with van der Waals surface area (Å²) in [5.41, 5.74) is 3.39. The van der Waals surface area contributed by atoms with Crippen molar-refractivity contribution >= 4 is 23.7 Å². The molecule has 30 heavy (non-hydrogen) atoms. The van der Waals surface area contributed by atoms with Crippen LogP contribution in [-0.4, -0.2) is 32.2 Å². The molecular weight excluding hydrogens is 386 g/mol. The van der Waals surface area contributed by atoms with Gasteiger partial charge in [-0.15, -0.1) is 0 Å². The molecule has 0 fully saturated rings. The third-order valence-corrected chi connectivity index (χ3v) is 4.18. The van der Waals surface area contributed by atoms with Crippen LogP contribution in [0.1, 0.15) is 32.2 Å². The summed E-state index contributed by atoms with van der Waals surface area (Å²) in [5.74, 6) is 1.33. The van der Waals surface area contributed by atoms with Crippen molar-refractivity contribution in [1.29, 1.82) is 0 Å². The molecule has 0 saturated carbocycles. The molecule has 0 bridgehead atoms. The van der Waals surface area contributed by atoms with Gasteiger partial charge in [-0.2, -0.15) is 5.10 Å². The van der Waals surface area contributed by atoms with Gasteiger partial charge in [0.1, 0.15) is 11.5 Å². The van der Waals surface area contributed by atoms with E-state index in [0.717, 1.165) is 5.76 Å². The number of methoxy groups -OCH3 is 2. The van der Waals surface area contributed by atoms with Gasteiger partial charge in [0.05, 0.1) is 31.7 Å². The highest BCUT2D eigenvalue weighted by Crippen LogP contribution is 2.28. The average Bonchev–Trinajstić information content (AvgIpc) is 3.18. The summed E-state index contributed by atoms with van der Waals surface area (Å²) in [6.07, 6.45) is 1.40. The molecule has 0 aliphatic rings. The largest absolute Gasteiger partial charge is 0.493 e. The van der Waals surface area contributed by atoms with Gasteiger partial charge in [0.2, 0.25) is 0 Å². The highest BCUT2D eigenvalue weighted by Gasteiger charge is 2.15. The summed E-state index contributed by atoms with van der Waals surface area (Å²) < 4.78 is 15.8. The molecule has 0 unspecified atom stereocenters. The number of benzene rings is 2. The number of anilines is 1. The van der Waals surface area contributed by atoms with Crippen molar-refractivity contribution in [1.82, 2.24) is 5.43 Å². The monoisotopic (exact) mass is 407 g/mol. The molecule has 1 heterocycles. The number of rotatable bonds is 7. The van der Waals surface area contributed by atoms with Crippen LogP contribution in [-0.2, 0) is 0 Å². The number of carbonyl (C=O) groups excluding carboxylic acids is 2. The van der Waals surface area contributed by atoms with E-state index in [1.165, 1.54) is 20.4 Å². The van der Waals surface area contributed by atoms with Crippen molar-refractivity contribution < 1.29 is 23.5 Å². The first-order valence-electron chi connectivity index (χ1n) is 9.04. The molecule has 2 amide bonds. The van der Waals surface area contributed by atoms with E-state index in [-0.39, 0.29) is 5.56 Å². The Morgan fingerprint density at radius 2 is 1.73 bits per heavy atom. The lowest BCUT2D eigenvalue weighted by molar-refractivity contribution is 0.0956. The summed E-state index contributed by atoms with van der Waals surface area (Å²) in [4.78, 5) is 25.2. The van der Waals surface area contributed by atoms with E-state index in [1.54, 1.807) is 54.6 Å². The highest BCUT2D eigenvalue weighted by molar-refractivity contribution is 6.09. The predicted octanol–water partition coefficient (Wildman–Crippen LogP) is 3.62. The molecule has 0 aliphatic heterocycles. The number of hydrogen-bond acceptors (Lipinski definition) is 6. The summed E-state index contributed by atoms with van der Waals surface area (Å²) in [6.45, 7) is 1.81. The van der Waals surface area contributed by atoms with Gasteiger partial charge in [-0.1, -0.05) is 12.1 Å². The number of furan rings is 1. The minimum Gasteiger partial charge on any atom is -0.493 e. The lowest BCUT2D eigenvalue weighted by atomic mass is 10.1. The summed E-state index contributed by atoms with van der Waals surface area (Å²) >= 11 is 0. The van der Waals surface area contributed by atoms with Crippen molar-refractivity contribution in [2.75, 3.05) is 19.5 Å². The van der Waals surface area contributed by atoms with Gasteiger partial charge in [-0.3, -0.25) is 9.59 Å². The molecule has 0 aliphatic carbocycles. The maximum atomic E-state index is 12.7. The minimum atomic E-state index is -0.474. The van der Waals surface area contributed by atoms with Crippen LogP contribution in [0, 0.1) is 6.92 Å². The molecule has 1 aromatic heterocycles. The summed E-state index contributed by atoms with van der Waals surface area (Å²) in [6, 6.07) is 15.0. The van der Waals surface area contributed by atoms with Gasteiger partial charge < -0.3 is 19.2 Å². The highest BCUT2D eigenvalue weighted by atomic mass is 16.5.